The average Bonchev–Trinajstić information content (AvgIpc) is 3.01. The van der Waals surface area contributed by atoms with E-state index in [0.29, 0.717) is 10.2 Å². The molecular formula is C20H22N4O3S. The number of carbonyl (C=O) groups is 2. The molecule has 0 unspecified atom stereocenters. The fourth-order valence-corrected chi connectivity index (χ4v) is 3.89. The van der Waals surface area contributed by atoms with Crippen molar-refractivity contribution < 1.29 is 9.59 Å². The molecule has 3 rings (SSSR count). The minimum Gasteiger partial charge on any atom is -0.335 e. The van der Waals surface area contributed by atoms with E-state index < -0.39 is 11.9 Å². The van der Waals surface area contributed by atoms with Gasteiger partial charge in [-0.05, 0) is 25.8 Å². The molecular weight excluding hydrogens is 376 g/mol. The van der Waals surface area contributed by atoms with Crippen molar-refractivity contribution in [3.63, 3.8) is 0 Å². The number of rotatable bonds is 5. The predicted octanol–water partition coefficient (Wildman–Crippen LogP) is 3.06. The van der Waals surface area contributed by atoms with Crippen LogP contribution in [0.1, 0.15) is 25.1 Å². The quantitative estimate of drug-likeness (QED) is 0.691. The average molecular weight is 398 g/mol. The van der Waals surface area contributed by atoms with E-state index in [2.05, 4.69) is 15.6 Å². The Balaban J connectivity index is 1.89. The van der Waals surface area contributed by atoms with E-state index in [1.807, 2.05) is 51.1 Å². The number of imide groups is 1. The Morgan fingerprint density at radius 3 is 2.64 bits per heavy atom. The first-order chi connectivity index (χ1) is 13.4. The summed E-state index contributed by atoms with van der Waals surface area (Å²) in [6, 6.07) is 9.01. The lowest BCUT2D eigenvalue weighted by atomic mass is 10.0. The van der Waals surface area contributed by atoms with Gasteiger partial charge in [-0.1, -0.05) is 37.3 Å². The van der Waals surface area contributed by atoms with Gasteiger partial charge in [-0.3, -0.25) is 19.5 Å². The highest BCUT2D eigenvalue weighted by atomic mass is 32.1. The Hall–Kier alpha value is -3.00. The van der Waals surface area contributed by atoms with Gasteiger partial charge in [0.25, 0.3) is 5.56 Å². The Morgan fingerprint density at radius 2 is 1.96 bits per heavy atom. The number of hydrogen-bond donors (Lipinski definition) is 2. The van der Waals surface area contributed by atoms with E-state index in [4.69, 9.17) is 0 Å². The van der Waals surface area contributed by atoms with Crippen LogP contribution in [0.25, 0.3) is 21.3 Å². The summed E-state index contributed by atoms with van der Waals surface area (Å²) in [5.74, 6) is -0.572. The van der Waals surface area contributed by atoms with Crippen LogP contribution in [-0.2, 0) is 11.3 Å². The molecule has 0 aliphatic heterocycles. The lowest BCUT2D eigenvalue weighted by molar-refractivity contribution is -0.120. The molecule has 1 aromatic carbocycles. The van der Waals surface area contributed by atoms with Crippen molar-refractivity contribution in [1.29, 1.82) is 0 Å². The van der Waals surface area contributed by atoms with E-state index in [1.165, 1.54) is 22.2 Å². The molecule has 8 heteroatoms. The molecule has 2 heterocycles. The molecule has 146 valence electrons. The normalized spacial score (nSPS) is 12.0. The van der Waals surface area contributed by atoms with Crippen molar-refractivity contribution >= 4 is 33.5 Å². The van der Waals surface area contributed by atoms with Crippen LogP contribution in [-0.4, -0.2) is 27.5 Å². The monoisotopic (exact) mass is 398 g/mol. The first-order valence-corrected chi connectivity index (χ1v) is 9.86. The summed E-state index contributed by atoms with van der Waals surface area (Å²) in [6.07, 6.45) is 2.10. The lowest BCUT2D eigenvalue weighted by Crippen LogP contribution is -2.45. The highest BCUT2D eigenvalue weighted by Gasteiger charge is 2.18. The van der Waals surface area contributed by atoms with Crippen LogP contribution in [0.15, 0.2) is 41.5 Å². The molecule has 3 amide bonds. The summed E-state index contributed by atoms with van der Waals surface area (Å²) in [4.78, 5) is 43.0. The lowest BCUT2D eigenvalue weighted by Gasteiger charge is -2.12. The third-order valence-corrected chi connectivity index (χ3v) is 5.49. The van der Waals surface area contributed by atoms with Gasteiger partial charge >= 0.3 is 6.03 Å². The van der Waals surface area contributed by atoms with Crippen LogP contribution in [0.2, 0.25) is 0 Å². The number of nitrogens with zero attached hydrogens (tertiary/aromatic N) is 2. The maximum Gasteiger partial charge on any atom is 0.321 e. The fraction of sp³-hybridized carbons (Fsp3) is 0.300. The van der Waals surface area contributed by atoms with Crippen LogP contribution < -0.4 is 16.2 Å². The molecule has 0 saturated carbocycles. The SMILES string of the molecule is CC[C@@H](C)NC(=O)NC(=O)Cn1cnc2sc(C)c(-c3ccccc3)c2c1=O. The summed E-state index contributed by atoms with van der Waals surface area (Å²) >= 11 is 1.45. The smallest absolute Gasteiger partial charge is 0.321 e. The van der Waals surface area contributed by atoms with Crippen molar-refractivity contribution in [3.8, 4) is 11.1 Å². The van der Waals surface area contributed by atoms with Gasteiger partial charge in [0.2, 0.25) is 5.91 Å². The van der Waals surface area contributed by atoms with Crippen molar-refractivity contribution in [2.45, 2.75) is 39.8 Å². The number of thiophene rings is 1. The van der Waals surface area contributed by atoms with Gasteiger partial charge in [0.05, 0.1) is 11.7 Å². The van der Waals surface area contributed by atoms with Crippen LogP contribution in [0.3, 0.4) is 0 Å². The van der Waals surface area contributed by atoms with Gasteiger partial charge in [-0.15, -0.1) is 11.3 Å². The standard InChI is InChI=1S/C20H22N4O3S/c1-4-12(2)22-20(27)23-15(25)10-24-11-21-18-17(19(24)26)16(13(3)28-18)14-8-6-5-7-9-14/h5-9,11-12H,4,10H2,1-3H3,(H2,22,23,25,27)/t12-/m1/s1. The van der Waals surface area contributed by atoms with Gasteiger partial charge < -0.3 is 5.32 Å². The third-order valence-electron chi connectivity index (χ3n) is 4.47. The Morgan fingerprint density at radius 1 is 1.25 bits per heavy atom. The highest BCUT2D eigenvalue weighted by Crippen LogP contribution is 2.35. The molecule has 3 aromatic rings. The molecule has 1 atom stereocenters. The second-order valence-corrected chi connectivity index (χ2v) is 7.79. The Kier molecular flexibility index (Phi) is 5.89. The zero-order chi connectivity index (χ0) is 20.3. The molecule has 28 heavy (non-hydrogen) atoms. The third kappa shape index (κ3) is 4.12. The molecule has 0 aliphatic rings. The molecule has 0 radical (unpaired) electrons. The van der Waals surface area contributed by atoms with E-state index in [1.54, 1.807) is 0 Å². The molecule has 0 saturated heterocycles. The zero-order valence-corrected chi connectivity index (χ0v) is 16.8. The first kappa shape index (κ1) is 19.8. The summed E-state index contributed by atoms with van der Waals surface area (Å²) < 4.78 is 1.23. The van der Waals surface area contributed by atoms with Crippen molar-refractivity contribution in [3.05, 3.63) is 51.9 Å². The van der Waals surface area contributed by atoms with Gasteiger partial charge in [-0.25, -0.2) is 9.78 Å². The number of aryl methyl sites for hydroxylation is 1. The zero-order valence-electron chi connectivity index (χ0n) is 16.0. The second-order valence-electron chi connectivity index (χ2n) is 6.59. The number of fused-ring (bicyclic) bond motifs is 1. The summed E-state index contributed by atoms with van der Waals surface area (Å²) in [5.41, 5.74) is 1.47. The van der Waals surface area contributed by atoms with E-state index >= 15 is 0 Å². The van der Waals surface area contributed by atoms with Crippen LogP contribution in [0.5, 0.6) is 0 Å². The van der Waals surface area contributed by atoms with E-state index in [0.717, 1.165) is 22.4 Å². The Labute approximate surface area is 166 Å². The molecule has 7 nitrogen and oxygen atoms in total. The largest absolute Gasteiger partial charge is 0.335 e. The number of urea groups is 1. The topological polar surface area (TPSA) is 93.1 Å². The van der Waals surface area contributed by atoms with E-state index in [-0.39, 0.29) is 18.1 Å². The van der Waals surface area contributed by atoms with Crippen LogP contribution in [0, 0.1) is 6.92 Å². The molecule has 0 bridgehead atoms. The van der Waals surface area contributed by atoms with E-state index in [9.17, 15) is 14.4 Å². The molecule has 2 aromatic heterocycles. The highest BCUT2D eigenvalue weighted by molar-refractivity contribution is 7.19. The van der Waals surface area contributed by atoms with Gasteiger partial charge in [-0.2, -0.15) is 0 Å². The summed E-state index contributed by atoms with van der Waals surface area (Å²) in [6.45, 7) is 5.44. The number of amides is 3. The minimum absolute atomic E-state index is 0.0456. The minimum atomic E-state index is -0.572. The molecule has 0 fully saturated rings. The predicted molar refractivity (Wildman–Crippen MR) is 110 cm³/mol. The summed E-state index contributed by atoms with van der Waals surface area (Å²) in [7, 11) is 0. The number of benzene rings is 1. The maximum absolute atomic E-state index is 13.0. The second kappa shape index (κ2) is 8.35. The summed E-state index contributed by atoms with van der Waals surface area (Å²) in [5, 5.41) is 5.39. The molecule has 2 N–H and O–H groups in total. The number of nitrogens with one attached hydrogen (secondary N) is 2. The molecule has 0 aliphatic carbocycles. The van der Waals surface area contributed by atoms with Gasteiger partial charge in [0, 0.05) is 16.5 Å². The van der Waals surface area contributed by atoms with Crippen molar-refractivity contribution in [1.82, 2.24) is 20.2 Å². The molecule has 0 spiro atoms. The first-order valence-electron chi connectivity index (χ1n) is 9.05. The fourth-order valence-electron chi connectivity index (χ4n) is 2.89. The number of aromatic nitrogens is 2. The number of carbonyl (C=O) groups excluding carboxylic acids is 2. The van der Waals surface area contributed by atoms with Gasteiger partial charge in [0.15, 0.2) is 0 Å². The maximum atomic E-state index is 13.0. The van der Waals surface area contributed by atoms with Gasteiger partial charge in [0.1, 0.15) is 11.4 Å². The van der Waals surface area contributed by atoms with Crippen LogP contribution in [0.4, 0.5) is 4.79 Å². The van der Waals surface area contributed by atoms with Crippen molar-refractivity contribution in [2.24, 2.45) is 0 Å². The van der Waals surface area contributed by atoms with Crippen molar-refractivity contribution in [2.75, 3.05) is 0 Å². The Bertz CT molecular complexity index is 1070. The van der Waals surface area contributed by atoms with Crippen LogP contribution >= 0.6 is 11.3 Å². The number of hydrogen-bond acceptors (Lipinski definition) is 5.